The van der Waals surface area contributed by atoms with Crippen LogP contribution >= 0.6 is 11.6 Å². The number of hydrogen-bond acceptors (Lipinski definition) is 4. The van der Waals surface area contributed by atoms with Crippen LogP contribution in [0.25, 0.3) is 0 Å². The van der Waals surface area contributed by atoms with Crippen LogP contribution in [0.4, 0.5) is 5.82 Å². The molecule has 2 aromatic rings. The molecule has 0 atom stereocenters. The predicted octanol–water partition coefficient (Wildman–Crippen LogP) is 2.66. The molecule has 2 rings (SSSR count). The van der Waals surface area contributed by atoms with Gasteiger partial charge in [-0.1, -0.05) is 29.8 Å². The van der Waals surface area contributed by atoms with Crippen molar-refractivity contribution in [3.63, 3.8) is 0 Å². The van der Waals surface area contributed by atoms with Gasteiger partial charge in [0.2, 0.25) is 0 Å². The normalized spacial score (nSPS) is 9.95. The van der Waals surface area contributed by atoms with Crippen molar-refractivity contribution in [2.45, 2.75) is 6.54 Å². The maximum atomic E-state index is 11.6. The van der Waals surface area contributed by atoms with E-state index in [1.165, 1.54) is 12.4 Å². The quantitative estimate of drug-likeness (QED) is 0.805. The molecular weight excluding hydrogens is 288 g/mol. The second-order valence-electron chi connectivity index (χ2n) is 4.27. The molecule has 1 heterocycles. The molecule has 0 aliphatic heterocycles. The summed E-state index contributed by atoms with van der Waals surface area (Å²) in [6.45, 7) is 4.53. The van der Waals surface area contributed by atoms with Crippen molar-refractivity contribution in [2.24, 2.45) is 0 Å². The molecule has 108 valence electrons. The Bertz CT molecular complexity index is 611. The molecule has 0 bridgehead atoms. The Morgan fingerprint density at radius 3 is 2.62 bits per heavy atom. The minimum atomic E-state index is -0.272. The third-order valence-corrected chi connectivity index (χ3v) is 2.93. The van der Waals surface area contributed by atoms with Gasteiger partial charge in [-0.25, -0.2) is 9.97 Å². The van der Waals surface area contributed by atoms with Gasteiger partial charge in [-0.15, -0.1) is 6.58 Å². The van der Waals surface area contributed by atoms with Gasteiger partial charge in [-0.05, 0) is 17.7 Å². The SMILES string of the molecule is C=CCNC(=O)c1cnc(NCc2ccc(Cl)cc2)cn1. The minimum Gasteiger partial charge on any atom is -0.365 e. The van der Waals surface area contributed by atoms with Gasteiger partial charge in [0.25, 0.3) is 5.91 Å². The second kappa shape index (κ2) is 7.40. The van der Waals surface area contributed by atoms with E-state index in [1.54, 1.807) is 6.08 Å². The number of hydrogen-bond donors (Lipinski definition) is 2. The Morgan fingerprint density at radius 2 is 2.00 bits per heavy atom. The number of nitrogens with one attached hydrogen (secondary N) is 2. The molecular formula is C15H15ClN4O. The van der Waals surface area contributed by atoms with E-state index in [2.05, 4.69) is 27.2 Å². The van der Waals surface area contributed by atoms with E-state index >= 15 is 0 Å². The number of carbonyl (C=O) groups excluding carboxylic acids is 1. The van der Waals surface area contributed by atoms with Crippen molar-refractivity contribution >= 4 is 23.3 Å². The molecule has 0 spiro atoms. The number of benzene rings is 1. The Morgan fingerprint density at radius 1 is 1.24 bits per heavy atom. The molecule has 1 aromatic heterocycles. The number of aromatic nitrogens is 2. The number of anilines is 1. The van der Waals surface area contributed by atoms with Gasteiger partial charge in [-0.2, -0.15) is 0 Å². The number of halogens is 1. The van der Waals surface area contributed by atoms with Crippen LogP contribution in [-0.2, 0) is 6.54 Å². The Kier molecular flexibility index (Phi) is 5.29. The van der Waals surface area contributed by atoms with Crippen LogP contribution in [0, 0.1) is 0 Å². The topological polar surface area (TPSA) is 66.9 Å². The van der Waals surface area contributed by atoms with Gasteiger partial charge in [0, 0.05) is 18.1 Å². The van der Waals surface area contributed by atoms with Crippen molar-refractivity contribution < 1.29 is 4.79 Å². The van der Waals surface area contributed by atoms with E-state index in [1.807, 2.05) is 24.3 Å². The Labute approximate surface area is 128 Å². The maximum Gasteiger partial charge on any atom is 0.271 e. The van der Waals surface area contributed by atoms with Gasteiger partial charge < -0.3 is 10.6 Å². The number of carbonyl (C=O) groups is 1. The molecule has 0 radical (unpaired) electrons. The lowest BCUT2D eigenvalue weighted by molar-refractivity contribution is 0.0952. The monoisotopic (exact) mass is 302 g/mol. The fraction of sp³-hybridized carbons (Fsp3) is 0.133. The molecule has 1 aromatic carbocycles. The van der Waals surface area contributed by atoms with Crippen molar-refractivity contribution in [3.8, 4) is 0 Å². The Hall–Kier alpha value is -2.40. The third-order valence-electron chi connectivity index (χ3n) is 2.68. The highest BCUT2D eigenvalue weighted by atomic mass is 35.5. The first-order valence-corrected chi connectivity index (χ1v) is 6.76. The average Bonchev–Trinajstić information content (AvgIpc) is 2.52. The average molecular weight is 303 g/mol. The lowest BCUT2D eigenvalue weighted by Crippen LogP contribution is -2.24. The lowest BCUT2D eigenvalue weighted by atomic mass is 10.2. The summed E-state index contributed by atoms with van der Waals surface area (Å²) < 4.78 is 0. The van der Waals surface area contributed by atoms with E-state index < -0.39 is 0 Å². The summed E-state index contributed by atoms with van der Waals surface area (Å²) in [5.74, 6) is 0.330. The first kappa shape index (κ1) is 15.0. The summed E-state index contributed by atoms with van der Waals surface area (Å²) in [7, 11) is 0. The summed E-state index contributed by atoms with van der Waals surface area (Å²) in [5, 5.41) is 6.47. The van der Waals surface area contributed by atoms with Gasteiger partial charge >= 0.3 is 0 Å². The van der Waals surface area contributed by atoms with Crippen LogP contribution in [0.3, 0.4) is 0 Å². The van der Waals surface area contributed by atoms with Crippen molar-refractivity contribution in [1.29, 1.82) is 0 Å². The third kappa shape index (κ3) is 4.57. The number of amides is 1. The van der Waals surface area contributed by atoms with Crippen molar-refractivity contribution in [2.75, 3.05) is 11.9 Å². The molecule has 0 fully saturated rings. The maximum absolute atomic E-state index is 11.6. The molecule has 0 unspecified atom stereocenters. The van der Waals surface area contributed by atoms with Crippen LogP contribution in [-0.4, -0.2) is 22.4 Å². The van der Waals surface area contributed by atoms with Crippen LogP contribution in [0.1, 0.15) is 16.1 Å². The van der Waals surface area contributed by atoms with Crippen LogP contribution < -0.4 is 10.6 Å². The Balaban J connectivity index is 1.91. The van der Waals surface area contributed by atoms with Gasteiger partial charge in [0.05, 0.1) is 12.4 Å². The molecule has 2 N–H and O–H groups in total. The van der Waals surface area contributed by atoms with Crippen LogP contribution in [0.2, 0.25) is 5.02 Å². The molecule has 0 saturated heterocycles. The highest BCUT2D eigenvalue weighted by Crippen LogP contribution is 2.11. The minimum absolute atomic E-state index is 0.272. The zero-order chi connectivity index (χ0) is 15.1. The highest BCUT2D eigenvalue weighted by molar-refractivity contribution is 6.30. The van der Waals surface area contributed by atoms with Crippen molar-refractivity contribution in [1.82, 2.24) is 15.3 Å². The van der Waals surface area contributed by atoms with Crippen molar-refractivity contribution in [3.05, 3.63) is 65.6 Å². The summed E-state index contributed by atoms with van der Waals surface area (Å²) in [6.07, 6.45) is 4.56. The second-order valence-corrected chi connectivity index (χ2v) is 4.70. The van der Waals surface area contributed by atoms with Gasteiger partial charge in [-0.3, -0.25) is 4.79 Å². The lowest BCUT2D eigenvalue weighted by Gasteiger charge is -2.06. The molecule has 6 heteroatoms. The number of nitrogens with zero attached hydrogens (tertiary/aromatic N) is 2. The van der Waals surface area contributed by atoms with E-state index in [4.69, 9.17) is 11.6 Å². The zero-order valence-corrected chi connectivity index (χ0v) is 12.1. The van der Waals surface area contributed by atoms with E-state index in [0.717, 1.165) is 5.56 Å². The van der Waals surface area contributed by atoms with Gasteiger partial charge in [0.1, 0.15) is 11.5 Å². The van der Waals surface area contributed by atoms with Crippen LogP contribution in [0.5, 0.6) is 0 Å². The van der Waals surface area contributed by atoms with Crippen LogP contribution in [0.15, 0.2) is 49.3 Å². The van der Waals surface area contributed by atoms with E-state index in [-0.39, 0.29) is 11.6 Å². The van der Waals surface area contributed by atoms with E-state index in [9.17, 15) is 4.79 Å². The predicted molar refractivity (Wildman–Crippen MR) is 83.3 cm³/mol. The summed E-state index contributed by atoms with van der Waals surface area (Å²) in [4.78, 5) is 19.9. The first-order valence-electron chi connectivity index (χ1n) is 6.38. The summed E-state index contributed by atoms with van der Waals surface area (Å²) in [5.41, 5.74) is 1.35. The molecule has 21 heavy (non-hydrogen) atoms. The van der Waals surface area contributed by atoms with Gasteiger partial charge in [0.15, 0.2) is 0 Å². The fourth-order valence-electron chi connectivity index (χ4n) is 1.59. The molecule has 0 aliphatic carbocycles. The van der Waals surface area contributed by atoms with E-state index in [0.29, 0.717) is 23.9 Å². The molecule has 1 amide bonds. The summed E-state index contributed by atoms with van der Waals surface area (Å²) >= 11 is 5.83. The zero-order valence-electron chi connectivity index (χ0n) is 11.3. The molecule has 0 aliphatic rings. The first-order chi connectivity index (χ1) is 10.2. The molecule has 5 nitrogen and oxygen atoms in total. The highest BCUT2D eigenvalue weighted by Gasteiger charge is 2.06. The summed E-state index contributed by atoms with van der Waals surface area (Å²) in [6, 6.07) is 7.52. The molecule has 0 saturated carbocycles. The standard InChI is InChI=1S/C15H15ClN4O/c1-2-7-17-15(21)13-9-20-14(10-18-13)19-8-11-3-5-12(16)6-4-11/h2-6,9-10H,1,7-8H2,(H,17,21)(H,19,20). The number of rotatable bonds is 6. The largest absolute Gasteiger partial charge is 0.365 e. The smallest absolute Gasteiger partial charge is 0.271 e. The fourth-order valence-corrected chi connectivity index (χ4v) is 1.71.